The summed E-state index contributed by atoms with van der Waals surface area (Å²) in [4.78, 5) is 29.4. The van der Waals surface area contributed by atoms with Crippen LogP contribution in [-0.2, 0) is 9.59 Å². The Morgan fingerprint density at radius 3 is 2.00 bits per heavy atom. The molecule has 1 heterocycles. The molecule has 6 heteroatoms. The molecule has 3 aromatic rings. The van der Waals surface area contributed by atoms with Crippen LogP contribution < -0.4 is 4.90 Å². The number of anilines is 1. The van der Waals surface area contributed by atoms with Crippen LogP contribution in [-0.4, -0.2) is 11.8 Å². The average Bonchev–Trinajstić information content (AvgIpc) is 2.96. The van der Waals surface area contributed by atoms with Gasteiger partial charge in [-0.3, -0.25) is 9.59 Å². The third-order valence-electron chi connectivity index (χ3n) is 4.81. The van der Waals surface area contributed by atoms with E-state index in [1.807, 2.05) is 44.2 Å². The minimum Gasteiger partial charge on any atom is -0.268 e. The van der Waals surface area contributed by atoms with Crippen LogP contribution in [0.4, 0.5) is 5.69 Å². The molecule has 30 heavy (non-hydrogen) atoms. The molecule has 1 aliphatic heterocycles. The van der Waals surface area contributed by atoms with Crippen LogP contribution in [0.3, 0.4) is 0 Å². The predicted octanol–water partition coefficient (Wildman–Crippen LogP) is 6.69. The standard InChI is InChI=1S/C24H17Cl2NO2S/c1-14-3-4-15(2)20(13-14)27-23(28)21(16-5-7-17(25)8-6-16)22(24(27)29)30-19-11-9-18(26)10-12-19/h3-13H,1-2H3. The highest BCUT2D eigenvalue weighted by molar-refractivity contribution is 8.04. The highest BCUT2D eigenvalue weighted by atomic mass is 35.5. The van der Waals surface area contributed by atoms with Gasteiger partial charge < -0.3 is 0 Å². The van der Waals surface area contributed by atoms with Crippen LogP contribution in [0.1, 0.15) is 16.7 Å². The Kier molecular flexibility index (Phi) is 5.74. The number of hydrogen-bond donors (Lipinski definition) is 0. The summed E-state index contributed by atoms with van der Waals surface area (Å²) < 4.78 is 0. The van der Waals surface area contributed by atoms with Gasteiger partial charge in [-0.05, 0) is 73.0 Å². The van der Waals surface area contributed by atoms with Crippen molar-refractivity contribution >= 4 is 58.0 Å². The highest BCUT2D eigenvalue weighted by Gasteiger charge is 2.41. The molecule has 0 aromatic heterocycles. The van der Waals surface area contributed by atoms with Crippen molar-refractivity contribution in [2.75, 3.05) is 4.90 Å². The first-order valence-electron chi connectivity index (χ1n) is 9.25. The van der Waals surface area contributed by atoms with E-state index >= 15 is 0 Å². The van der Waals surface area contributed by atoms with Gasteiger partial charge in [-0.25, -0.2) is 4.90 Å². The van der Waals surface area contributed by atoms with Crippen LogP contribution in [0.15, 0.2) is 76.5 Å². The van der Waals surface area contributed by atoms with E-state index in [0.717, 1.165) is 16.0 Å². The summed E-state index contributed by atoms with van der Waals surface area (Å²) in [5.41, 5.74) is 3.46. The Morgan fingerprint density at radius 1 is 0.767 bits per heavy atom. The first-order chi connectivity index (χ1) is 14.3. The quantitative estimate of drug-likeness (QED) is 0.413. The fourth-order valence-corrected chi connectivity index (χ4v) is 4.52. The van der Waals surface area contributed by atoms with Crippen molar-refractivity contribution < 1.29 is 9.59 Å². The van der Waals surface area contributed by atoms with E-state index in [-0.39, 0.29) is 11.8 Å². The first-order valence-corrected chi connectivity index (χ1v) is 10.8. The Balaban J connectivity index is 1.84. The van der Waals surface area contributed by atoms with Crippen molar-refractivity contribution in [2.24, 2.45) is 0 Å². The summed E-state index contributed by atoms with van der Waals surface area (Å²) in [6.45, 7) is 3.83. The fourth-order valence-electron chi connectivity index (χ4n) is 3.28. The van der Waals surface area contributed by atoms with Gasteiger partial charge in [0.25, 0.3) is 11.8 Å². The maximum atomic E-state index is 13.5. The van der Waals surface area contributed by atoms with E-state index in [2.05, 4.69) is 0 Å². The molecule has 0 bridgehead atoms. The first kappa shape index (κ1) is 20.7. The number of thioether (sulfide) groups is 1. The van der Waals surface area contributed by atoms with Crippen LogP contribution in [0.5, 0.6) is 0 Å². The van der Waals surface area contributed by atoms with E-state index in [9.17, 15) is 9.59 Å². The SMILES string of the molecule is Cc1ccc(C)c(N2C(=O)C(Sc3ccc(Cl)cc3)=C(c3ccc(Cl)cc3)C2=O)c1. The summed E-state index contributed by atoms with van der Waals surface area (Å²) in [7, 11) is 0. The topological polar surface area (TPSA) is 37.4 Å². The molecule has 150 valence electrons. The van der Waals surface area contributed by atoms with Crippen molar-refractivity contribution in [3.63, 3.8) is 0 Å². The number of amides is 2. The number of hydrogen-bond acceptors (Lipinski definition) is 3. The smallest absolute Gasteiger partial charge is 0.268 e. The Bertz CT molecular complexity index is 1180. The van der Waals surface area contributed by atoms with Gasteiger partial charge in [0, 0.05) is 14.9 Å². The zero-order valence-corrected chi connectivity index (χ0v) is 18.6. The van der Waals surface area contributed by atoms with Gasteiger partial charge in [-0.2, -0.15) is 0 Å². The number of nitrogens with zero attached hydrogens (tertiary/aromatic N) is 1. The maximum Gasteiger partial charge on any atom is 0.272 e. The summed E-state index contributed by atoms with van der Waals surface area (Å²) in [5, 5.41) is 1.17. The summed E-state index contributed by atoms with van der Waals surface area (Å²) in [6.07, 6.45) is 0. The number of carbonyl (C=O) groups is 2. The predicted molar refractivity (Wildman–Crippen MR) is 124 cm³/mol. The van der Waals surface area contributed by atoms with Crippen LogP contribution >= 0.6 is 35.0 Å². The van der Waals surface area contributed by atoms with E-state index in [1.165, 1.54) is 16.7 Å². The minimum atomic E-state index is -0.340. The van der Waals surface area contributed by atoms with Crippen LogP contribution in [0.25, 0.3) is 5.57 Å². The van der Waals surface area contributed by atoms with Crippen molar-refractivity contribution in [2.45, 2.75) is 18.7 Å². The lowest BCUT2D eigenvalue weighted by Crippen LogP contribution is -2.32. The van der Waals surface area contributed by atoms with Crippen LogP contribution in [0.2, 0.25) is 10.0 Å². The Labute approximate surface area is 189 Å². The summed E-state index contributed by atoms with van der Waals surface area (Å²) in [6, 6.07) is 19.9. The average molecular weight is 454 g/mol. The second-order valence-electron chi connectivity index (χ2n) is 7.00. The molecule has 3 nitrogen and oxygen atoms in total. The zero-order chi connectivity index (χ0) is 21.4. The molecule has 0 fully saturated rings. The lowest BCUT2D eigenvalue weighted by molar-refractivity contribution is -0.119. The van der Waals surface area contributed by atoms with Gasteiger partial charge in [0.1, 0.15) is 0 Å². The van der Waals surface area contributed by atoms with E-state index in [1.54, 1.807) is 36.4 Å². The number of halogens is 2. The lowest BCUT2D eigenvalue weighted by Gasteiger charge is -2.18. The normalized spacial score (nSPS) is 14.1. The molecule has 0 N–H and O–H groups in total. The third-order valence-corrected chi connectivity index (χ3v) is 6.41. The highest BCUT2D eigenvalue weighted by Crippen LogP contribution is 2.42. The van der Waals surface area contributed by atoms with Gasteiger partial charge in [-0.1, -0.05) is 59.2 Å². The summed E-state index contributed by atoms with van der Waals surface area (Å²) in [5.74, 6) is -0.675. The molecular weight excluding hydrogens is 437 g/mol. The van der Waals surface area contributed by atoms with Crippen molar-refractivity contribution in [3.05, 3.63) is 98.4 Å². The zero-order valence-electron chi connectivity index (χ0n) is 16.3. The van der Waals surface area contributed by atoms with Gasteiger partial charge in [-0.15, -0.1) is 0 Å². The number of aryl methyl sites for hydroxylation is 2. The lowest BCUT2D eigenvalue weighted by atomic mass is 10.1. The third kappa shape index (κ3) is 3.91. The second kappa shape index (κ2) is 8.31. The van der Waals surface area contributed by atoms with Gasteiger partial charge in [0.05, 0.1) is 16.2 Å². The number of rotatable bonds is 4. The Morgan fingerprint density at radius 2 is 1.37 bits per heavy atom. The van der Waals surface area contributed by atoms with Crippen molar-refractivity contribution in [3.8, 4) is 0 Å². The largest absolute Gasteiger partial charge is 0.272 e. The molecule has 0 atom stereocenters. The van der Waals surface area contributed by atoms with E-state index in [4.69, 9.17) is 23.2 Å². The number of imide groups is 1. The molecule has 0 aliphatic carbocycles. The number of benzene rings is 3. The van der Waals surface area contributed by atoms with Crippen LogP contribution in [0, 0.1) is 13.8 Å². The monoisotopic (exact) mass is 453 g/mol. The van der Waals surface area contributed by atoms with Gasteiger partial charge >= 0.3 is 0 Å². The Hall–Kier alpha value is -2.53. The molecule has 4 rings (SSSR count). The molecule has 0 spiro atoms. The molecule has 0 saturated heterocycles. The number of carbonyl (C=O) groups excluding carboxylic acids is 2. The van der Waals surface area contributed by atoms with Crippen molar-refractivity contribution in [1.29, 1.82) is 0 Å². The molecule has 1 aliphatic rings. The fraction of sp³-hybridized carbons (Fsp3) is 0.0833. The maximum absolute atomic E-state index is 13.5. The van der Waals surface area contributed by atoms with E-state index < -0.39 is 0 Å². The van der Waals surface area contributed by atoms with Gasteiger partial charge in [0.15, 0.2) is 0 Å². The van der Waals surface area contributed by atoms with Gasteiger partial charge in [0.2, 0.25) is 0 Å². The minimum absolute atomic E-state index is 0.335. The molecule has 0 saturated carbocycles. The van der Waals surface area contributed by atoms with Crippen molar-refractivity contribution in [1.82, 2.24) is 0 Å². The molecular formula is C24H17Cl2NO2S. The molecule has 0 unspecified atom stereocenters. The van der Waals surface area contributed by atoms with E-state index in [0.29, 0.717) is 31.8 Å². The molecule has 2 amide bonds. The molecule has 0 radical (unpaired) electrons. The molecule has 3 aromatic carbocycles. The second-order valence-corrected chi connectivity index (χ2v) is 8.96. The summed E-state index contributed by atoms with van der Waals surface area (Å²) >= 11 is 13.3.